The van der Waals surface area contributed by atoms with Gasteiger partial charge in [-0.1, -0.05) is 29.8 Å². The first kappa shape index (κ1) is 14.1. The van der Waals surface area contributed by atoms with Crippen LogP contribution >= 0.6 is 0 Å². The molecule has 3 nitrogen and oxygen atoms in total. The van der Waals surface area contributed by atoms with E-state index in [0.29, 0.717) is 13.1 Å². The van der Waals surface area contributed by atoms with Crippen LogP contribution in [0.5, 0.6) is 0 Å². The normalized spacial score (nSPS) is 14.4. The highest BCUT2D eigenvalue weighted by molar-refractivity contribution is 5.78. The first-order chi connectivity index (χ1) is 9.19. The summed E-state index contributed by atoms with van der Waals surface area (Å²) in [6.07, 6.45) is 2.64. The van der Waals surface area contributed by atoms with Gasteiger partial charge in [-0.3, -0.25) is 4.79 Å². The van der Waals surface area contributed by atoms with Gasteiger partial charge in [0.15, 0.2) is 0 Å². The molecule has 1 aliphatic rings. The molecular weight excluding hydrogens is 236 g/mol. The first-order valence-corrected chi connectivity index (χ1v) is 7.23. The predicted molar refractivity (Wildman–Crippen MR) is 77.9 cm³/mol. The maximum atomic E-state index is 12.1. The zero-order valence-corrected chi connectivity index (χ0v) is 12.0. The van der Waals surface area contributed by atoms with E-state index in [4.69, 9.17) is 0 Å². The van der Waals surface area contributed by atoms with Crippen molar-refractivity contribution in [2.24, 2.45) is 5.92 Å². The van der Waals surface area contributed by atoms with Crippen molar-refractivity contribution in [2.45, 2.75) is 33.2 Å². The van der Waals surface area contributed by atoms with Gasteiger partial charge in [0.1, 0.15) is 0 Å². The highest BCUT2D eigenvalue weighted by Gasteiger charge is 2.21. The Morgan fingerprint density at radius 1 is 1.42 bits per heavy atom. The lowest BCUT2D eigenvalue weighted by molar-refractivity contribution is -0.130. The fraction of sp³-hybridized carbons (Fsp3) is 0.562. The lowest BCUT2D eigenvalue weighted by Gasteiger charge is -2.21. The molecule has 1 aliphatic carbocycles. The summed E-state index contributed by atoms with van der Waals surface area (Å²) < 4.78 is 0. The number of nitrogens with one attached hydrogen (secondary N) is 1. The number of benzene rings is 1. The monoisotopic (exact) mass is 260 g/mol. The molecule has 1 fully saturated rings. The van der Waals surface area contributed by atoms with Crippen LogP contribution in [0.4, 0.5) is 0 Å². The number of nitrogens with zero attached hydrogens (tertiary/aromatic N) is 1. The number of carbonyl (C=O) groups is 1. The van der Waals surface area contributed by atoms with Crippen LogP contribution < -0.4 is 5.32 Å². The van der Waals surface area contributed by atoms with Crippen molar-refractivity contribution in [1.82, 2.24) is 10.2 Å². The summed E-state index contributed by atoms with van der Waals surface area (Å²) in [5.41, 5.74) is 2.45. The topological polar surface area (TPSA) is 32.3 Å². The van der Waals surface area contributed by atoms with Crippen molar-refractivity contribution in [3.63, 3.8) is 0 Å². The molecule has 0 aliphatic heterocycles. The Morgan fingerprint density at radius 2 is 2.21 bits per heavy atom. The Hall–Kier alpha value is -1.35. The molecule has 2 rings (SSSR count). The predicted octanol–water partition coefficient (Wildman–Crippen LogP) is 2.34. The van der Waals surface area contributed by atoms with Crippen molar-refractivity contribution < 1.29 is 4.79 Å². The maximum Gasteiger partial charge on any atom is 0.236 e. The van der Waals surface area contributed by atoms with E-state index >= 15 is 0 Å². The summed E-state index contributed by atoms with van der Waals surface area (Å²) in [5.74, 6) is 1.02. The molecule has 1 saturated carbocycles. The minimum absolute atomic E-state index is 0.199. The van der Waals surface area contributed by atoms with Gasteiger partial charge in [0.05, 0.1) is 6.54 Å². The zero-order chi connectivity index (χ0) is 13.7. The lowest BCUT2D eigenvalue weighted by Crippen LogP contribution is -2.38. The van der Waals surface area contributed by atoms with E-state index in [1.807, 2.05) is 17.9 Å². The van der Waals surface area contributed by atoms with Crippen LogP contribution in [-0.4, -0.2) is 30.4 Å². The van der Waals surface area contributed by atoms with Gasteiger partial charge in [0, 0.05) is 13.1 Å². The van der Waals surface area contributed by atoms with E-state index in [1.54, 1.807) is 0 Å². The summed E-state index contributed by atoms with van der Waals surface area (Å²) in [4.78, 5) is 14.0. The number of hydrogen-bond acceptors (Lipinski definition) is 2. The first-order valence-electron chi connectivity index (χ1n) is 7.23. The number of carbonyl (C=O) groups excluding carboxylic acids is 1. The summed E-state index contributed by atoms with van der Waals surface area (Å²) in [7, 11) is 0. The van der Waals surface area contributed by atoms with Gasteiger partial charge in [0.2, 0.25) is 5.91 Å². The summed E-state index contributed by atoms with van der Waals surface area (Å²) >= 11 is 0. The van der Waals surface area contributed by atoms with Crippen molar-refractivity contribution in [3.8, 4) is 0 Å². The third-order valence-corrected chi connectivity index (χ3v) is 3.60. The second-order valence-electron chi connectivity index (χ2n) is 5.47. The molecule has 1 aromatic carbocycles. The molecule has 0 radical (unpaired) electrons. The smallest absolute Gasteiger partial charge is 0.236 e. The van der Waals surface area contributed by atoms with Gasteiger partial charge in [-0.15, -0.1) is 0 Å². The van der Waals surface area contributed by atoms with E-state index in [9.17, 15) is 4.79 Å². The molecule has 1 aromatic rings. The third-order valence-electron chi connectivity index (χ3n) is 3.60. The Labute approximate surface area is 116 Å². The van der Waals surface area contributed by atoms with Crippen LogP contribution in [0, 0.1) is 12.8 Å². The molecule has 0 spiro atoms. The molecule has 0 aromatic heterocycles. The Kier molecular flexibility index (Phi) is 4.97. The highest BCUT2D eigenvalue weighted by Crippen LogP contribution is 2.27. The molecule has 1 amide bonds. The molecule has 0 bridgehead atoms. The van der Waals surface area contributed by atoms with Gasteiger partial charge >= 0.3 is 0 Å². The number of amides is 1. The van der Waals surface area contributed by atoms with Gasteiger partial charge in [-0.2, -0.15) is 0 Å². The largest absolute Gasteiger partial charge is 0.338 e. The lowest BCUT2D eigenvalue weighted by atomic mass is 10.1. The quantitative estimate of drug-likeness (QED) is 0.816. The zero-order valence-electron chi connectivity index (χ0n) is 12.0. The van der Waals surface area contributed by atoms with Crippen molar-refractivity contribution >= 4 is 5.91 Å². The van der Waals surface area contributed by atoms with Crippen LogP contribution in [0.25, 0.3) is 0 Å². The van der Waals surface area contributed by atoms with Crippen LogP contribution in [0.1, 0.15) is 30.9 Å². The average Bonchev–Trinajstić information content (AvgIpc) is 3.20. The van der Waals surface area contributed by atoms with Crippen LogP contribution in [0.3, 0.4) is 0 Å². The number of likely N-dealkylation sites (N-methyl/N-ethyl adjacent to an activating group) is 1. The number of aryl methyl sites for hydroxylation is 1. The minimum Gasteiger partial charge on any atom is -0.338 e. The molecule has 104 valence electrons. The van der Waals surface area contributed by atoms with Crippen LogP contribution in [0.15, 0.2) is 24.3 Å². The molecule has 0 heterocycles. The summed E-state index contributed by atoms with van der Waals surface area (Å²) in [6.45, 7) is 7.05. The van der Waals surface area contributed by atoms with Crippen LogP contribution in [-0.2, 0) is 11.3 Å². The van der Waals surface area contributed by atoms with Crippen molar-refractivity contribution in [1.29, 1.82) is 0 Å². The summed E-state index contributed by atoms with van der Waals surface area (Å²) in [5, 5.41) is 3.27. The molecule has 1 N–H and O–H groups in total. The van der Waals surface area contributed by atoms with Crippen molar-refractivity contribution in [2.75, 3.05) is 19.6 Å². The fourth-order valence-electron chi connectivity index (χ4n) is 2.22. The van der Waals surface area contributed by atoms with E-state index in [2.05, 4.69) is 30.4 Å². The Balaban J connectivity index is 1.82. The van der Waals surface area contributed by atoms with Crippen LogP contribution in [0.2, 0.25) is 0 Å². The van der Waals surface area contributed by atoms with E-state index in [0.717, 1.165) is 19.0 Å². The summed E-state index contributed by atoms with van der Waals surface area (Å²) in [6, 6.07) is 8.36. The van der Waals surface area contributed by atoms with Gasteiger partial charge in [-0.05, 0) is 44.7 Å². The molecular formula is C16H24N2O. The molecule has 0 saturated heterocycles. The molecule has 19 heavy (non-hydrogen) atoms. The highest BCUT2D eigenvalue weighted by atomic mass is 16.2. The second kappa shape index (κ2) is 6.71. The second-order valence-corrected chi connectivity index (χ2v) is 5.47. The third kappa shape index (κ3) is 4.67. The van der Waals surface area contributed by atoms with Gasteiger partial charge < -0.3 is 10.2 Å². The molecule has 0 unspecified atom stereocenters. The molecule has 0 atom stereocenters. The van der Waals surface area contributed by atoms with Gasteiger partial charge in [-0.25, -0.2) is 0 Å². The minimum atomic E-state index is 0.199. The number of hydrogen-bond donors (Lipinski definition) is 1. The van der Waals surface area contributed by atoms with Crippen molar-refractivity contribution in [3.05, 3.63) is 35.4 Å². The number of rotatable bonds is 7. The molecule has 3 heteroatoms. The fourth-order valence-corrected chi connectivity index (χ4v) is 2.22. The maximum absolute atomic E-state index is 12.1. The van der Waals surface area contributed by atoms with E-state index in [-0.39, 0.29) is 5.91 Å². The Bertz CT molecular complexity index is 427. The Morgan fingerprint density at radius 3 is 2.84 bits per heavy atom. The standard InChI is InChI=1S/C16H24N2O/c1-3-18(12-15-6-4-5-13(2)9-15)16(19)11-17-10-14-7-8-14/h4-6,9,14,17H,3,7-8,10-12H2,1-2H3. The average molecular weight is 260 g/mol. The van der Waals surface area contributed by atoms with Gasteiger partial charge in [0.25, 0.3) is 0 Å². The van der Waals surface area contributed by atoms with E-state index < -0.39 is 0 Å². The van der Waals surface area contributed by atoms with E-state index in [1.165, 1.54) is 24.0 Å². The SMILES string of the molecule is CCN(Cc1cccc(C)c1)C(=O)CNCC1CC1.